The minimum absolute atomic E-state index is 0.113. The number of carbonyl (C=O) groups excluding carboxylic acids is 1. The zero-order valence-corrected chi connectivity index (χ0v) is 20.3. The molecule has 8 heteroatoms. The van der Waals surface area contributed by atoms with Gasteiger partial charge >= 0.3 is 6.09 Å². The van der Waals surface area contributed by atoms with Crippen LogP contribution in [0.2, 0.25) is 0 Å². The Kier molecular flexibility index (Phi) is 7.63. The molecule has 1 aromatic heterocycles. The number of nitrogens with one attached hydrogen (secondary N) is 1. The standard InChI is InChI=1S/C28H29FN4O3/c1-19-7-11-21(12-8-19)15-23(17-30-26(34)16-29)33-25-6-4-3-5-24(25)32(27(33)31-28(35)36)18-22-13-9-20(2)10-14-22/h3-14,23H,15-18H2,1-2H3,(H,30,34)(H,35,36)/t23-/m0/s1. The third-order valence-electron chi connectivity index (χ3n) is 6.16. The number of alkyl halides is 1. The number of aryl methyl sites for hydroxylation is 2. The van der Waals surface area contributed by atoms with E-state index in [0.29, 0.717) is 13.0 Å². The molecule has 1 atom stereocenters. The van der Waals surface area contributed by atoms with Crippen molar-refractivity contribution in [3.8, 4) is 0 Å². The van der Waals surface area contributed by atoms with Crippen molar-refractivity contribution in [2.75, 3.05) is 13.2 Å². The Morgan fingerprint density at radius 1 is 0.917 bits per heavy atom. The van der Waals surface area contributed by atoms with Crippen molar-refractivity contribution in [1.82, 2.24) is 14.5 Å². The van der Waals surface area contributed by atoms with Crippen LogP contribution in [0.1, 0.15) is 28.3 Å². The van der Waals surface area contributed by atoms with Crippen LogP contribution in [-0.2, 0) is 17.8 Å². The lowest BCUT2D eigenvalue weighted by Gasteiger charge is -2.21. The lowest BCUT2D eigenvalue weighted by molar-refractivity contribution is -0.122. The molecule has 7 nitrogen and oxygen atoms in total. The van der Waals surface area contributed by atoms with Gasteiger partial charge in [-0.2, -0.15) is 0 Å². The first-order valence-electron chi connectivity index (χ1n) is 11.8. The van der Waals surface area contributed by atoms with Gasteiger partial charge in [0.1, 0.15) is 0 Å². The summed E-state index contributed by atoms with van der Waals surface area (Å²) >= 11 is 0. The molecular formula is C28H29FN4O3. The highest BCUT2D eigenvalue weighted by Gasteiger charge is 2.22. The van der Waals surface area contributed by atoms with Crippen molar-refractivity contribution in [2.24, 2.45) is 4.99 Å². The van der Waals surface area contributed by atoms with Gasteiger partial charge in [0.25, 0.3) is 5.91 Å². The van der Waals surface area contributed by atoms with E-state index in [1.54, 1.807) is 0 Å². The van der Waals surface area contributed by atoms with Crippen molar-refractivity contribution in [3.63, 3.8) is 0 Å². The topological polar surface area (TPSA) is 88.6 Å². The Morgan fingerprint density at radius 3 is 2.08 bits per heavy atom. The smallest absolute Gasteiger partial charge is 0.434 e. The Morgan fingerprint density at radius 2 is 1.50 bits per heavy atom. The minimum Gasteiger partial charge on any atom is -0.463 e. The third kappa shape index (κ3) is 5.71. The first-order chi connectivity index (χ1) is 17.4. The summed E-state index contributed by atoms with van der Waals surface area (Å²) in [6.45, 7) is 3.41. The Labute approximate surface area is 208 Å². The molecule has 36 heavy (non-hydrogen) atoms. The number of para-hydroxylation sites is 2. The maximum Gasteiger partial charge on any atom is 0.434 e. The molecule has 0 saturated heterocycles. The van der Waals surface area contributed by atoms with Gasteiger partial charge in [0.2, 0.25) is 5.62 Å². The zero-order chi connectivity index (χ0) is 25.7. The number of fused-ring (bicyclic) bond motifs is 1. The van der Waals surface area contributed by atoms with Crippen LogP contribution in [0.25, 0.3) is 11.0 Å². The molecule has 0 saturated carbocycles. The van der Waals surface area contributed by atoms with E-state index in [1.807, 2.05) is 95.8 Å². The molecule has 0 spiro atoms. The quantitative estimate of drug-likeness (QED) is 0.381. The van der Waals surface area contributed by atoms with E-state index in [0.717, 1.165) is 33.3 Å². The lowest BCUT2D eigenvalue weighted by atomic mass is 10.0. The number of amides is 2. The van der Waals surface area contributed by atoms with Crippen LogP contribution < -0.4 is 10.9 Å². The number of nitrogens with zero attached hydrogens (tertiary/aromatic N) is 3. The molecular weight excluding hydrogens is 459 g/mol. The molecule has 0 aliphatic rings. The zero-order valence-electron chi connectivity index (χ0n) is 20.3. The number of rotatable bonds is 8. The number of hydrogen-bond acceptors (Lipinski definition) is 2. The number of hydrogen-bond donors (Lipinski definition) is 2. The number of aromatic nitrogens is 2. The van der Waals surface area contributed by atoms with Crippen LogP contribution >= 0.6 is 0 Å². The van der Waals surface area contributed by atoms with E-state index in [9.17, 15) is 19.1 Å². The number of carboxylic acid groups (broad SMARTS) is 1. The van der Waals surface area contributed by atoms with Crippen LogP contribution in [0.3, 0.4) is 0 Å². The van der Waals surface area contributed by atoms with Gasteiger partial charge in [-0.3, -0.25) is 4.79 Å². The largest absolute Gasteiger partial charge is 0.463 e. The summed E-state index contributed by atoms with van der Waals surface area (Å²) in [6, 6.07) is 23.2. The highest BCUT2D eigenvalue weighted by molar-refractivity contribution is 5.78. The average Bonchev–Trinajstić information content (AvgIpc) is 3.16. The fourth-order valence-corrected chi connectivity index (χ4v) is 4.36. The van der Waals surface area contributed by atoms with E-state index in [4.69, 9.17) is 0 Å². The summed E-state index contributed by atoms with van der Waals surface area (Å²) < 4.78 is 16.7. The molecule has 2 N–H and O–H groups in total. The molecule has 0 aliphatic carbocycles. The first-order valence-corrected chi connectivity index (χ1v) is 11.8. The van der Waals surface area contributed by atoms with E-state index in [2.05, 4.69) is 10.3 Å². The monoisotopic (exact) mass is 488 g/mol. The summed E-state index contributed by atoms with van der Waals surface area (Å²) in [7, 11) is 0. The van der Waals surface area contributed by atoms with Crippen LogP contribution in [0, 0.1) is 13.8 Å². The first kappa shape index (κ1) is 24.9. The van der Waals surface area contributed by atoms with Gasteiger partial charge in [0.05, 0.1) is 23.6 Å². The van der Waals surface area contributed by atoms with Gasteiger partial charge in [0, 0.05) is 6.54 Å². The highest BCUT2D eigenvalue weighted by Crippen LogP contribution is 2.22. The molecule has 0 unspecified atom stereocenters. The second kappa shape index (κ2) is 11.0. The summed E-state index contributed by atoms with van der Waals surface area (Å²) in [4.78, 5) is 27.7. The minimum atomic E-state index is -1.32. The maximum absolute atomic E-state index is 13.0. The Balaban J connectivity index is 1.90. The van der Waals surface area contributed by atoms with Crippen LogP contribution in [0.15, 0.2) is 77.8 Å². The number of carbonyl (C=O) groups is 2. The molecule has 4 rings (SSSR count). The predicted octanol–water partition coefficient (Wildman–Crippen LogP) is 4.56. The van der Waals surface area contributed by atoms with Crippen molar-refractivity contribution < 1.29 is 19.1 Å². The Hall–Kier alpha value is -4.20. The fourth-order valence-electron chi connectivity index (χ4n) is 4.36. The van der Waals surface area contributed by atoms with Gasteiger partial charge in [-0.25, -0.2) is 9.18 Å². The SMILES string of the molecule is Cc1ccc(C[C@@H](CNC(=O)CF)n2c(=NC(=O)O)n(Cc3ccc(C)cc3)c3ccccc32)cc1. The van der Waals surface area contributed by atoms with Crippen molar-refractivity contribution in [1.29, 1.82) is 0 Å². The van der Waals surface area contributed by atoms with Crippen LogP contribution in [-0.4, -0.2) is 39.5 Å². The summed E-state index contributed by atoms with van der Waals surface area (Å²) in [5.74, 6) is -0.718. The molecule has 0 aliphatic heterocycles. The second-order valence-corrected chi connectivity index (χ2v) is 8.91. The summed E-state index contributed by atoms with van der Waals surface area (Å²) in [5, 5.41) is 12.3. The molecule has 2 amide bonds. The third-order valence-corrected chi connectivity index (χ3v) is 6.16. The lowest BCUT2D eigenvalue weighted by Crippen LogP contribution is -2.38. The van der Waals surface area contributed by atoms with E-state index < -0.39 is 24.7 Å². The molecule has 0 bridgehead atoms. The van der Waals surface area contributed by atoms with Crippen LogP contribution in [0.5, 0.6) is 0 Å². The molecule has 1 heterocycles. The van der Waals surface area contributed by atoms with Crippen LogP contribution in [0.4, 0.5) is 9.18 Å². The van der Waals surface area contributed by atoms with E-state index in [1.165, 1.54) is 0 Å². The van der Waals surface area contributed by atoms with Crippen molar-refractivity contribution in [3.05, 3.63) is 101 Å². The Bertz CT molecular complexity index is 1440. The molecule has 3 aromatic carbocycles. The highest BCUT2D eigenvalue weighted by atomic mass is 19.1. The number of halogens is 1. The van der Waals surface area contributed by atoms with Crippen molar-refractivity contribution in [2.45, 2.75) is 32.9 Å². The maximum atomic E-state index is 13.0. The van der Waals surface area contributed by atoms with Gasteiger partial charge in [0.15, 0.2) is 6.67 Å². The van der Waals surface area contributed by atoms with Crippen molar-refractivity contribution >= 4 is 23.0 Å². The number of benzene rings is 3. The van der Waals surface area contributed by atoms with E-state index in [-0.39, 0.29) is 12.2 Å². The number of imidazole rings is 1. The van der Waals surface area contributed by atoms with Gasteiger partial charge in [-0.15, -0.1) is 4.99 Å². The average molecular weight is 489 g/mol. The molecule has 0 radical (unpaired) electrons. The molecule has 186 valence electrons. The van der Waals surface area contributed by atoms with Gasteiger partial charge < -0.3 is 19.6 Å². The molecule has 4 aromatic rings. The summed E-state index contributed by atoms with van der Waals surface area (Å²) in [5.41, 5.74) is 6.07. The van der Waals surface area contributed by atoms with Gasteiger partial charge in [-0.1, -0.05) is 71.8 Å². The predicted molar refractivity (Wildman–Crippen MR) is 137 cm³/mol. The summed E-state index contributed by atoms with van der Waals surface area (Å²) in [6.07, 6.45) is -0.836. The van der Waals surface area contributed by atoms with E-state index >= 15 is 0 Å². The van der Waals surface area contributed by atoms with Gasteiger partial charge in [-0.05, 0) is 43.5 Å². The fraction of sp³-hybridized carbons (Fsp3) is 0.250. The second-order valence-electron chi connectivity index (χ2n) is 8.91. The normalized spacial score (nSPS) is 12.6. The molecule has 0 fully saturated rings.